The Morgan fingerprint density at radius 3 is 2.32 bits per heavy atom. The molecule has 0 saturated carbocycles. The van der Waals surface area contributed by atoms with Crippen LogP contribution in [-0.4, -0.2) is 21.7 Å². The molecule has 2 atom stereocenters. The number of aromatic nitrogens is 1. The van der Waals surface area contributed by atoms with Crippen LogP contribution in [0.1, 0.15) is 40.5 Å². The summed E-state index contributed by atoms with van der Waals surface area (Å²) in [6, 6.07) is 18.2. The monoisotopic (exact) mass is 393 g/mol. The van der Waals surface area contributed by atoms with Gasteiger partial charge in [0.2, 0.25) is 5.91 Å². The molecule has 2 N–H and O–H groups in total. The summed E-state index contributed by atoms with van der Waals surface area (Å²) in [6.45, 7) is 1.85. The first-order valence-electron chi connectivity index (χ1n) is 8.81. The average Bonchev–Trinajstić information content (AvgIpc) is 2.72. The van der Waals surface area contributed by atoms with E-state index in [0.29, 0.717) is 16.1 Å². The summed E-state index contributed by atoms with van der Waals surface area (Å²) in [5.74, 6) is -0.953. The Morgan fingerprint density at radius 1 is 1.00 bits per heavy atom. The van der Waals surface area contributed by atoms with Crippen LogP contribution in [0, 0.1) is 0 Å². The van der Waals surface area contributed by atoms with Gasteiger partial charge in [-0.3, -0.25) is 14.6 Å². The maximum absolute atomic E-state index is 13.4. The average molecular weight is 394 g/mol. The molecule has 0 aliphatic heterocycles. The van der Waals surface area contributed by atoms with Crippen molar-refractivity contribution in [2.24, 2.45) is 5.73 Å². The Labute approximate surface area is 168 Å². The molecule has 2 amide bonds. The van der Waals surface area contributed by atoms with Crippen molar-refractivity contribution in [1.29, 1.82) is 0 Å². The quantitative estimate of drug-likeness (QED) is 0.683. The maximum atomic E-state index is 13.4. The second-order valence-electron chi connectivity index (χ2n) is 6.40. The molecule has 3 rings (SSSR count). The fraction of sp³-hybridized carbons (Fsp3) is 0.136. The van der Waals surface area contributed by atoms with Gasteiger partial charge in [-0.2, -0.15) is 0 Å². The number of hydrogen-bond acceptors (Lipinski definition) is 3. The second kappa shape index (κ2) is 8.67. The van der Waals surface area contributed by atoms with Crippen molar-refractivity contribution in [2.45, 2.75) is 19.0 Å². The number of benzene rings is 2. The van der Waals surface area contributed by atoms with E-state index in [9.17, 15) is 9.59 Å². The number of nitrogens with two attached hydrogens (primary N) is 1. The highest BCUT2D eigenvalue weighted by Crippen LogP contribution is 2.33. The van der Waals surface area contributed by atoms with E-state index < -0.39 is 18.0 Å². The third kappa shape index (κ3) is 4.21. The zero-order valence-electron chi connectivity index (χ0n) is 15.3. The third-order valence-electron chi connectivity index (χ3n) is 4.55. The summed E-state index contributed by atoms with van der Waals surface area (Å²) < 4.78 is 0. The zero-order chi connectivity index (χ0) is 20.1. The van der Waals surface area contributed by atoms with Crippen LogP contribution in [0.5, 0.6) is 0 Å². The summed E-state index contributed by atoms with van der Waals surface area (Å²) in [5, 5.41) is 0.550. The molecule has 0 bridgehead atoms. The Morgan fingerprint density at radius 2 is 1.71 bits per heavy atom. The fourth-order valence-electron chi connectivity index (χ4n) is 3.18. The molecule has 0 radical (unpaired) electrons. The molecule has 2 aromatic carbocycles. The van der Waals surface area contributed by atoms with Crippen LogP contribution in [-0.2, 0) is 4.79 Å². The van der Waals surface area contributed by atoms with Gasteiger partial charge in [0.1, 0.15) is 6.04 Å². The number of nitrogens with zero attached hydrogens (tertiary/aromatic N) is 2. The third-order valence-corrected chi connectivity index (χ3v) is 4.79. The maximum Gasteiger partial charge on any atom is 0.256 e. The fourth-order valence-corrected chi connectivity index (χ4v) is 3.38. The first kappa shape index (κ1) is 19.6. The Bertz CT molecular complexity index is 964. The van der Waals surface area contributed by atoms with Crippen LogP contribution in [0.3, 0.4) is 0 Å². The zero-order valence-corrected chi connectivity index (χ0v) is 16.1. The summed E-state index contributed by atoms with van der Waals surface area (Å²) in [7, 11) is 0. The van der Waals surface area contributed by atoms with E-state index in [2.05, 4.69) is 4.98 Å². The minimum Gasteiger partial charge on any atom is -0.368 e. The Hall–Kier alpha value is -3.18. The lowest BCUT2D eigenvalue weighted by Crippen LogP contribution is -2.43. The van der Waals surface area contributed by atoms with Gasteiger partial charge in [0.05, 0.1) is 11.6 Å². The van der Waals surface area contributed by atoms with Crippen molar-refractivity contribution in [3.63, 3.8) is 0 Å². The number of carbonyl (C=O) groups is 2. The Balaban J connectivity index is 2.12. The molecule has 0 saturated heterocycles. The van der Waals surface area contributed by atoms with Crippen LogP contribution in [0.25, 0.3) is 0 Å². The van der Waals surface area contributed by atoms with Gasteiger partial charge in [0, 0.05) is 17.4 Å². The molecule has 0 aliphatic rings. The minimum atomic E-state index is -0.942. The van der Waals surface area contributed by atoms with Crippen molar-refractivity contribution in [3.8, 4) is 0 Å². The first-order chi connectivity index (χ1) is 13.5. The van der Waals surface area contributed by atoms with Crippen LogP contribution < -0.4 is 5.73 Å². The van der Waals surface area contributed by atoms with Crippen molar-refractivity contribution < 1.29 is 9.59 Å². The van der Waals surface area contributed by atoms with Crippen molar-refractivity contribution in [1.82, 2.24) is 9.88 Å². The highest BCUT2D eigenvalue weighted by atomic mass is 35.5. The Kier molecular flexibility index (Phi) is 6.06. The van der Waals surface area contributed by atoms with E-state index >= 15 is 0 Å². The van der Waals surface area contributed by atoms with E-state index in [0.717, 1.165) is 5.56 Å². The minimum absolute atomic E-state index is 0.340. The van der Waals surface area contributed by atoms with E-state index in [1.165, 1.54) is 11.1 Å². The molecular formula is C22H20ClN3O2. The molecule has 0 aliphatic carbocycles. The number of amides is 2. The summed E-state index contributed by atoms with van der Waals surface area (Å²) >= 11 is 6.14. The van der Waals surface area contributed by atoms with E-state index in [1.54, 1.807) is 42.6 Å². The number of hydrogen-bond donors (Lipinski definition) is 1. The van der Waals surface area contributed by atoms with Gasteiger partial charge in [-0.25, -0.2) is 0 Å². The van der Waals surface area contributed by atoms with Crippen LogP contribution in [0.4, 0.5) is 0 Å². The lowest BCUT2D eigenvalue weighted by atomic mass is 9.98. The highest BCUT2D eigenvalue weighted by Gasteiger charge is 2.34. The number of pyridine rings is 1. The van der Waals surface area contributed by atoms with Gasteiger partial charge in [-0.05, 0) is 42.3 Å². The lowest BCUT2D eigenvalue weighted by molar-refractivity contribution is -0.123. The molecule has 1 heterocycles. The number of halogens is 1. The molecule has 0 unspecified atom stereocenters. The smallest absolute Gasteiger partial charge is 0.256 e. The standard InChI is InChI=1S/C22H20ClN3O2/c1-15(17-9-5-11-19(23)13-17)26(22(28)18-10-6-12-25-14-18)20(21(24)27)16-7-3-2-4-8-16/h2-15,20H,1H3,(H2,24,27)/t15-,20-/m1/s1. The predicted octanol–water partition coefficient (Wildman–Crippen LogP) is 4.17. The largest absolute Gasteiger partial charge is 0.368 e. The first-order valence-corrected chi connectivity index (χ1v) is 9.19. The van der Waals surface area contributed by atoms with Crippen molar-refractivity contribution in [2.75, 3.05) is 0 Å². The van der Waals surface area contributed by atoms with Gasteiger partial charge in [0.15, 0.2) is 0 Å². The molecule has 0 fully saturated rings. The lowest BCUT2D eigenvalue weighted by Gasteiger charge is -2.35. The molecule has 28 heavy (non-hydrogen) atoms. The SMILES string of the molecule is C[C@H](c1cccc(Cl)c1)N(C(=O)c1cccnc1)[C@@H](C(N)=O)c1ccccc1. The summed E-state index contributed by atoms with van der Waals surface area (Å²) in [5.41, 5.74) is 7.57. The number of carbonyl (C=O) groups excluding carboxylic acids is 2. The van der Waals surface area contributed by atoms with Crippen molar-refractivity contribution >= 4 is 23.4 Å². The van der Waals surface area contributed by atoms with Gasteiger partial charge in [-0.1, -0.05) is 54.1 Å². The molecule has 0 spiro atoms. The van der Waals surface area contributed by atoms with E-state index in [1.807, 2.05) is 37.3 Å². The topological polar surface area (TPSA) is 76.3 Å². The van der Waals surface area contributed by atoms with Gasteiger partial charge in [-0.15, -0.1) is 0 Å². The molecule has 5 nitrogen and oxygen atoms in total. The highest BCUT2D eigenvalue weighted by molar-refractivity contribution is 6.30. The number of rotatable bonds is 6. The van der Waals surface area contributed by atoms with Gasteiger partial charge in [0.25, 0.3) is 5.91 Å². The molecule has 3 aromatic rings. The molecule has 142 valence electrons. The van der Waals surface area contributed by atoms with E-state index in [-0.39, 0.29) is 5.91 Å². The van der Waals surface area contributed by atoms with Crippen LogP contribution in [0.2, 0.25) is 5.02 Å². The van der Waals surface area contributed by atoms with Gasteiger partial charge < -0.3 is 10.6 Å². The van der Waals surface area contributed by atoms with E-state index in [4.69, 9.17) is 17.3 Å². The summed E-state index contributed by atoms with van der Waals surface area (Å²) in [4.78, 5) is 31.4. The van der Waals surface area contributed by atoms with Crippen molar-refractivity contribution in [3.05, 3.63) is 101 Å². The summed E-state index contributed by atoms with van der Waals surface area (Å²) in [6.07, 6.45) is 3.06. The molecular weight excluding hydrogens is 374 g/mol. The molecule has 1 aromatic heterocycles. The van der Waals surface area contributed by atoms with Crippen LogP contribution in [0.15, 0.2) is 79.1 Å². The second-order valence-corrected chi connectivity index (χ2v) is 6.84. The van der Waals surface area contributed by atoms with Gasteiger partial charge >= 0.3 is 0 Å². The molecule has 6 heteroatoms. The normalized spacial score (nSPS) is 12.8. The number of primary amides is 1. The predicted molar refractivity (Wildman–Crippen MR) is 109 cm³/mol. The van der Waals surface area contributed by atoms with Crippen LogP contribution >= 0.6 is 11.6 Å².